The van der Waals surface area contributed by atoms with Crippen molar-refractivity contribution in [2.24, 2.45) is 10.7 Å². The van der Waals surface area contributed by atoms with Crippen LogP contribution in [0.25, 0.3) is 0 Å². The summed E-state index contributed by atoms with van der Waals surface area (Å²) in [6, 6.07) is 10.1. The highest BCUT2D eigenvalue weighted by molar-refractivity contribution is 5.96. The normalized spacial score (nSPS) is 11.4. The minimum Gasteiger partial charge on any atom is -0.475 e. The number of aliphatic imine (C=N–C) groups is 1. The first-order chi connectivity index (χ1) is 17.1. The molecule has 0 aliphatic carbocycles. The lowest BCUT2D eigenvalue weighted by atomic mass is 10.1. The number of aromatic amines is 1. The van der Waals surface area contributed by atoms with E-state index < -0.39 is 24.3 Å². The van der Waals surface area contributed by atoms with Gasteiger partial charge in [-0.3, -0.25) is 15.1 Å². The fourth-order valence-corrected chi connectivity index (χ4v) is 2.23. The summed E-state index contributed by atoms with van der Waals surface area (Å²) in [5.74, 6) is -5.41. The maximum atomic E-state index is 11.8. The highest BCUT2D eigenvalue weighted by Gasteiger charge is 2.38. The van der Waals surface area contributed by atoms with Gasteiger partial charge in [-0.15, -0.1) is 0 Å². The number of aryl methyl sites for hydroxylation is 2. The number of H-pyrrole nitrogens is 1. The molecule has 6 N–H and O–H groups in total. The number of rotatable bonds is 8. The maximum absolute atomic E-state index is 11.8. The maximum Gasteiger partial charge on any atom is 0.490 e. The number of nitrogens with one attached hydrogen (secondary N) is 2. The lowest BCUT2D eigenvalue weighted by molar-refractivity contribution is -0.193. The van der Waals surface area contributed by atoms with Gasteiger partial charge in [0.2, 0.25) is 5.91 Å². The standard InChI is InChI=1S/C17H23N5O.2C2HF3O2/c18-17(20-11-5-9-15-12-19-13-21-15)22-16(23)10-4-8-14-6-2-1-3-7-14;2*3-2(4,5)1(6)7/h1-3,6-7,12-13H,4-5,8-11H2,(H,19,21)(H3,18,20,22,23);2*(H,6,7). The molecule has 10 nitrogen and oxygen atoms in total. The molecule has 1 aromatic carbocycles. The lowest BCUT2D eigenvalue weighted by Gasteiger charge is -2.05. The molecule has 0 bridgehead atoms. The smallest absolute Gasteiger partial charge is 0.475 e. The van der Waals surface area contributed by atoms with E-state index in [1.54, 1.807) is 12.5 Å². The molecule has 0 aliphatic heterocycles. The first-order valence-electron chi connectivity index (χ1n) is 10.3. The van der Waals surface area contributed by atoms with Crippen LogP contribution in [0.2, 0.25) is 0 Å². The van der Waals surface area contributed by atoms with Crippen molar-refractivity contribution in [2.45, 2.75) is 44.5 Å². The number of carbonyl (C=O) groups is 3. The van der Waals surface area contributed by atoms with Crippen LogP contribution in [-0.2, 0) is 27.2 Å². The van der Waals surface area contributed by atoms with Gasteiger partial charge in [0.1, 0.15) is 0 Å². The summed E-state index contributed by atoms with van der Waals surface area (Å²) < 4.78 is 63.5. The number of guanidine groups is 1. The molecule has 1 heterocycles. The van der Waals surface area contributed by atoms with Gasteiger partial charge in [0.05, 0.1) is 6.33 Å². The molecule has 0 aliphatic rings. The van der Waals surface area contributed by atoms with Crippen LogP contribution >= 0.6 is 0 Å². The van der Waals surface area contributed by atoms with Crippen molar-refractivity contribution >= 4 is 23.8 Å². The largest absolute Gasteiger partial charge is 0.490 e. The van der Waals surface area contributed by atoms with Crippen LogP contribution in [0, 0.1) is 0 Å². The monoisotopic (exact) mass is 541 g/mol. The lowest BCUT2D eigenvalue weighted by Crippen LogP contribution is -2.36. The zero-order valence-corrected chi connectivity index (χ0v) is 19.1. The molecule has 0 unspecified atom stereocenters. The quantitative estimate of drug-likeness (QED) is 0.148. The highest BCUT2D eigenvalue weighted by Crippen LogP contribution is 2.13. The molecule has 206 valence electrons. The number of benzene rings is 1. The Morgan fingerprint density at radius 1 is 0.946 bits per heavy atom. The van der Waals surface area contributed by atoms with Crippen LogP contribution in [-0.4, -0.2) is 62.9 Å². The molecule has 0 saturated carbocycles. The molecule has 1 amide bonds. The van der Waals surface area contributed by atoms with Gasteiger partial charge >= 0.3 is 24.3 Å². The third-order valence-corrected chi connectivity index (χ3v) is 3.91. The predicted molar refractivity (Wildman–Crippen MR) is 118 cm³/mol. The van der Waals surface area contributed by atoms with Crippen LogP contribution in [0.1, 0.15) is 30.5 Å². The van der Waals surface area contributed by atoms with Gasteiger partial charge in [0, 0.05) is 24.9 Å². The van der Waals surface area contributed by atoms with Gasteiger partial charge in [-0.1, -0.05) is 30.3 Å². The van der Waals surface area contributed by atoms with Crippen molar-refractivity contribution < 1.29 is 50.9 Å². The van der Waals surface area contributed by atoms with Gasteiger partial charge in [-0.2, -0.15) is 26.3 Å². The Labute approximate surface area is 206 Å². The molecule has 2 rings (SSSR count). The van der Waals surface area contributed by atoms with Crippen molar-refractivity contribution in [3.8, 4) is 0 Å². The van der Waals surface area contributed by atoms with Gasteiger partial charge in [-0.05, 0) is 31.2 Å². The van der Waals surface area contributed by atoms with Crippen molar-refractivity contribution in [3.63, 3.8) is 0 Å². The molecule has 0 spiro atoms. The number of alkyl halides is 6. The summed E-state index contributed by atoms with van der Waals surface area (Å²) >= 11 is 0. The van der Waals surface area contributed by atoms with Gasteiger partial charge in [0.15, 0.2) is 5.96 Å². The summed E-state index contributed by atoms with van der Waals surface area (Å²) in [6.45, 7) is 0.579. The minimum absolute atomic E-state index is 0.0873. The number of amides is 1. The average molecular weight is 541 g/mol. The van der Waals surface area contributed by atoms with E-state index in [4.69, 9.17) is 25.5 Å². The number of nitrogens with two attached hydrogens (primary N) is 1. The van der Waals surface area contributed by atoms with Crippen LogP contribution in [0.3, 0.4) is 0 Å². The molecule has 0 fully saturated rings. The Hall–Kier alpha value is -4.11. The first kappa shape index (κ1) is 32.9. The zero-order valence-electron chi connectivity index (χ0n) is 19.1. The first-order valence-corrected chi connectivity index (χ1v) is 10.3. The molecule has 16 heteroatoms. The van der Waals surface area contributed by atoms with E-state index in [2.05, 4.69) is 32.4 Å². The molecular weight excluding hydrogens is 516 g/mol. The van der Waals surface area contributed by atoms with Gasteiger partial charge in [-0.25, -0.2) is 14.6 Å². The van der Waals surface area contributed by atoms with Crippen LogP contribution in [0.15, 0.2) is 47.8 Å². The van der Waals surface area contributed by atoms with E-state index in [0.717, 1.165) is 31.4 Å². The Balaban J connectivity index is 0.000000761. The number of carboxylic acid groups (broad SMARTS) is 2. The Morgan fingerprint density at radius 3 is 1.95 bits per heavy atom. The van der Waals surface area contributed by atoms with Crippen molar-refractivity contribution in [1.82, 2.24) is 15.3 Å². The predicted octanol–water partition coefficient (Wildman–Crippen LogP) is 3.06. The number of carboxylic acids is 2. The topological polar surface area (TPSA) is 171 Å². The highest BCUT2D eigenvalue weighted by atomic mass is 19.4. The summed E-state index contributed by atoms with van der Waals surface area (Å²) in [7, 11) is 0. The van der Waals surface area contributed by atoms with E-state index in [1.807, 2.05) is 18.2 Å². The van der Waals surface area contributed by atoms with E-state index in [9.17, 15) is 31.1 Å². The Kier molecular flexibility index (Phi) is 14.7. The molecular formula is C21H25F6N5O5. The van der Waals surface area contributed by atoms with Crippen molar-refractivity contribution in [2.75, 3.05) is 6.54 Å². The van der Waals surface area contributed by atoms with Gasteiger partial charge < -0.3 is 20.9 Å². The zero-order chi connectivity index (χ0) is 28.5. The fraction of sp³-hybridized carbons (Fsp3) is 0.381. The molecule has 1 aromatic heterocycles. The number of nitrogens with zero attached hydrogens (tertiary/aromatic N) is 2. The molecule has 37 heavy (non-hydrogen) atoms. The number of hydrogen-bond acceptors (Lipinski definition) is 5. The van der Waals surface area contributed by atoms with Gasteiger partial charge in [0.25, 0.3) is 0 Å². The Bertz CT molecular complexity index is 956. The van der Waals surface area contributed by atoms with Crippen molar-refractivity contribution in [3.05, 3.63) is 54.1 Å². The number of hydrogen-bond donors (Lipinski definition) is 5. The van der Waals surface area contributed by atoms with E-state index in [0.29, 0.717) is 13.0 Å². The number of aromatic nitrogens is 2. The summed E-state index contributed by atoms with van der Waals surface area (Å²) in [5, 5.41) is 16.9. The van der Waals surface area contributed by atoms with Crippen LogP contribution < -0.4 is 11.1 Å². The fourth-order valence-electron chi connectivity index (χ4n) is 2.23. The Morgan fingerprint density at radius 2 is 1.49 bits per heavy atom. The average Bonchev–Trinajstić information content (AvgIpc) is 3.30. The molecule has 0 atom stereocenters. The number of aliphatic carboxylic acids is 2. The summed E-state index contributed by atoms with van der Waals surface area (Å²) in [5.41, 5.74) is 8.02. The number of imidazole rings is 1. The summed E-state index contributed by atoms with van der Waals surface area (Å²) in [6.07, 6.45) is -2.88. The third-order valence-electron chi connectivity index (χ3n) is 3.91. The van der Waals surface area contributed by atoms with Crippen LogP contribution in [0.5, 0.6) is 0 Å². The van der Waals surface area contributed by atoms with Crippen molar-refractivity contribution in [1.29, 1.82) is 0 Å². The van der Waals surface area contributed by atoms with E-state index in [-0.39, 0.29) is 11.9 Å². The third kappa shape index (κ3) is 17.9. The minimum atomic E-state index is -5.08. The number of carbonyl (C=O) groups excluding carboxylic acids is 1. The number of halogens is 6. The van der Waals surface area contributed by atoms with Crippen LogP contribution in [0.4, 0.5) is 26.3 Å². The molecule has 2 aromatic rings. The van der Waals surface area contributed by atoms with E-state index in [1.165, 1.54) is 5.56 Å². The molecule has 0 radical (unpaired) electrons. The SMILES string of the molecule is NC(=NCCCc1cnc[nH]1)NC(=O)CCCc1ccccc1.O=C(O)C(F)(F)F.O=C(O)C(F)(F)F. The second-order valence-corrected chi connectivity index (χ2v) is 6.94. The van der Waals surface area contributed by atoms with E-state index >= 15 is 0 Å². The summed E-state index contributed by atoms with van der Waals surface area (Å²) in [4.78, 5) is 40.7. The second kappa shape index (κ2) is 16.5. The second-order valence-electron chi connectivity index (χ2n) is 6.94. The molecule has 0 saturated heterocycles.